The first kappa shape index (κ1) is 17.2. The Bertz CT molecular complexity index is 278. The van der Waals surface area contributed by atoms with Crippen LogP contribution in [0.25, 0.3) is 0 Å². The molecule has 0 aromatic heterocycles. The quantitative estimate of drug-likeness (QED) is 0.232. The largest absolute Gasteiger partial charge is 0.103 e. The van der Waals surface area contributed by atoms with Crippen LogP contribution >= 0.6 is 0 Å². The smallest absolute Gasteiger partial charge is 0.0277 e. The summed E-state index contributed by atoms with van der Waals surface area (Å²) < 4.78 is 0. The fourth-order valence-electron chi connectivity index (χ4n) is 2.35. The summed E-state index contributed by atoms with van der Waals surface area (Å²) in [5.41, 5.74) is 4.73. The van der Waals surface area contributed by atoms with Gasteiger partial charge in [0, 0.05) is 0 Å². The third-order valence-corrected chi connectivity index (χ3v) is 3.44. The highest BCUT2D eigenvalue weighted by Crippen LogP contribution is 2.24. The second-order valence-electron chi connectivity index (χ2n) is 5.22. The molecule has 0 fully saturated rings. The summed E-state index contributed by atoms with van der Waals surface area (Å²) in [5.74, 6) is 0. The van der Waals surface area contributed by atoms with Gasteiger partial charge >= 0.3 is 0 Å². The van der Waals surface area contributed by atoms with Crippen LogP contribution in [-0.4, -0.2) is 0 Å². The van der Waals surface area contributed by atoms with Crippen molar-refractivity contribution in [3.8, 4) is 0 Å². The van der Waals surface area contributed by atoms with Crippen LogP contribution in [-0.2, 0) is 0 Å². The summed E-state index contributed by atoms with van der Waals surface area (Å²) in [6.45, 7) is 12.9. The molecule has 0 spiro atoms. The predicted octanol–water partition coefficient (Wildman–Crippen LogP) is 6.60. The third kappa shape index (κ3) is 7.53. The Morgan fingerprint density at radius 3 is 2.22 bits per heavy atom. The van der Waals surface area contributed by atoms with Crippen LogP contribution in [0, 0.1) is 0 Å². The van der Waals surface area contributed by atoms with Crippen LogP contribution in [0.2, 0.25) is 0 Å². The van der Waals surface area contributed by atoms with E-state index in [1.165, 1.54) is 50.5 Å². The maximum Gasteiger partial charge on any atom is -0.0277 e. The van der Waals surface area contributed by atoms with Crippen molar-refractivity contribution >= 4 is 0 Å². The zero-order chi connectivity index (χ0) is 13.8. The summed E-state index contributed by atoms with van der Waals surface area (Å²) in [4.78, 5) is 0. The van der Waals surface area contributed by atoms with E-state index >= 15 is 0 Å². The van der Waals surface area contributed by atoms with Crippen molar-refractivity contribution in [2.75, 3.05) is 0 Å². The van der Waals surface area contributed by atoms with E-state index in [0.29, 0.717) is 0 Å². The van der Waals surface area contributed by atoms with E-state index in [9.17, 15) is 0 Å². The minimum absolute atomic E-state index is 1.15. The fraction of sp³-hybridized carbons (Fsp3) is 0.667. The zero-order valence-corrected chi connectivity index (χ0v) is 13.0. The molecule has 0 aliphatic carbocycles. The summed E-state index contributed by atoms with van der Waals surface area (Å²) >= 11 is 0. The summed E-state index contributed by atoms with van der Waals surface area (Å²) in [5, 5.41) is 0. The van der Waals surface area contributed by atoms with Crippen LogP contribution < -0.4 is 0 Å². The van der Waals surface area contributed by atoms with Crippen molar-refractivity contribution in [3.05, 3.63) is 35.5 Å². The van der Waals surface area contributed by atoms with Gasteiger partial charge in [0.1, 0.15) is 0 Å². The molecule has 0 heteroatoms. The van der Waals surface area contributed by atoms with E-state index in [0.717, 1.165) is 6.42 Å². The number of allylic oxidation sites excluding steroid dienone is 5. The van der Waals surface area contributed by atoms with E-state index in [1.54, 1.807) is 11.1 Å². The lowest BCUT2D eigenvalue weighted by Gasteiger charge is -2.13. The average molecular weight is 248 g/mol. The van der Waals surface area contributed by atoms with Gasteiger partial charge in [-0.25, -0.2) is 0 Å². The predicted molar refractivity (Wildman–Crippen MR) is 84.9 cm³/mol. The van der Waals surface area contributed by atoms with Crippen molar-refractivity contribution in [1.82, 2.24) is 0 Å². The molecule has 104 valence electrons. The van der Waals surface area contributed by atoms with Gasteiger partial charge in [-0.1, -0.05) is 50.0 Å². The Kier molecular flexibility index (Phi) is 10.8. The lowest BCUT2D eigenvalue weighted by atomic mass is 9.93. The molecule has 0 aromatic rings. The molecule has 0 aliphatic heterocycles. The van der Waals surface area contributed by atoms with Crippen molar-refractivity contribution < 1.29 is 0 Å². The van der Waals surface area contributed by atoms with E-state index in [-0.39, 0.29) is 0 Å². The number of hydrogen-bond donors (Lipinski definition) is 0. The molecule has 0 amide bonds. The Balaban J connectivity index is 4.61. The summed E-state index contributed by atoms with van der Waals surface area (Å²) in [6.07, 6.45) is 14.4. The molecule has 0 bridgehead atoms. The highest BCUT2D eigenvalue weighted by Gasteiger charge is 2.04. The second kappa shape index (κ2) is 11.3. The highest BCUT2D eigenvalue weighted by atomic mass is 14.1. The Morgan fingerprint density at radius 1 is 0.944 bits per heavy atom. The molecule has 0 aliphatic rings. The SMILES string of the molecule is C=CCCCCC(C(C)=CCCC)=C(C)CCC. The minimum atomic E-state index is 1.15. The molecule has 0 rings (SSSR count). The molecule has 0 N–H and O–H groups in total. The maximum atomic E-state index is 3.79. The second-order valence-corrected chi connectivity index (χ2v) is 5.22. The maximum absolute atomic E-state index is 3.79. The lowest BCUT2D eigenvalue weighted by molar-refractivity contribution is 0.733. The van der Waals surface area contributed by atoms with Crippen molar-refractivity contribution in [2.24, 2.45) is 0 Å². The monoisotopic (exact) mass is 248 g/mol. The molecule has 18 heavy (non-hydrogen) atoms. The molecule has 0 radical (unpaired) electrons. The van der Waals surface area contributed by atoms with E-state index in [4.69, 9.17) is 0 Å². The number of unbranched alkanes of at least 4 members (excludes halogenated alkanes) is 3. The van der Waals surface area contributed by atoms with E-state index < -0.39 is 0 Å². The fourth-order valence-corrected chi connectivity index (χ4v) is 2.35. The first-order chi connectivity index (χ1) is 8.67. The van der Waals surface area contributed by atoms with Gasteiger partial charge in [0.2, 0.25) is 0 Å². The summed E-state index contributed by atoms with van der Waals surface area (Å²) in [7, 11) is 0. The topological polar surface area (TPSA) is 0 Å². The Labute approximate surface area is 115 Å². The molecule has 0 nitrogen and oxygen atoms in total. The Morgan fingerprint density at radius 2 is 1.67 bits per heavy atom. The van der Waals surface area contributed by atoms with Gasteiger partial charge in [0.15, 0.2) is 0 Å². The lowest BCUT2D eigenvalue weighted by Crippen LogP contribution is -1.93. The highest BCUT2D eigenvalue weighted by molar-refractivity contribution is 5.33. The molecule has 0 unspecified atom stereocenters. The zero-order valence-electron chi connectivity index (χ0n) is 13.0. The Hall–Kier alpha value is -0.780. The average Bonchev–Trinajstić information content (AvgIpc) is 2.36. The van der Waals surface area contributed by atoms with Gasteiger partial charge in [0.25, 0.3) is 0 Å². The molecular formula is C18H32. The molecule has 0 heterocycles. The summed E-state index contributed by atoms with van der Waals surface area (Å²) in [6, 6.07) is 0. The first-order valence-corrected chi connectivity index (χ1v) is 7.63. The van der Waals surface area contributed by atoms with Gasteiger partial charge in [-0.05, 0) is 57.9 Å². The molecule has 0 saturated heterocycles. The van der Waals surface area contributed by atoms with E-state index in [2.05, 4.69) is 40.3 Å². The molecular weight excluding hydrogens is 216 g/mol. The van der Waals surface area contributed by atoms with Gasteiger partial charge < -0.3 is 0 Å². The van der Waals surface area contributed by atoms with Gasteiger partial charge in [-0.2, -0.15) is 0 Å². The van der Waals surface area contributed by atoms with Crippen LogP contribution in [0.3, 0.4) is 0 Å². The van der Waals surface area contributed by atoms with Crippen molar-refractivity contribution in [2.45, 2.75) is 79.1 Å². The molecule has 0 aromatic carbocycles. The van der Waals surface area contributed by atoms with Crippen molar-refractivity contribution in [3.63, 3.8) is 0 Å². The standard InChI is InChI=1S/C18H32/c1-6-9-11-12-15-18(16(4)13-8-3)17(5)14-10-7-2/h6,14H,1,7-13,15H2,2-5H3. The first-order valence-electron chi connectivity index (χ1n) is 7.63. The van der Waals surface area contributed by atoms with Crippen LogP contribution in [0.15, 0.2) is 35.5 Å². The van der Waals surface area contributed by atoms with Gasteiger partial charge in [-0.15, -0.1) is 6.58 Å². The number of rotatable bonds is 10. The van der Waals surface area contributed by atoms with Crippen LogP contribution in [0.4, 0.5) is 0 Å². The van der Waals surface area contributed by atoms with Crippen LogP contribution in [0.1, 0.15) is 79.1 Å². The number of hydrogen-bond acceptors (Lipinski definition) is 0. The normalized spacial score (nSPS) is 13.4. The van der Waals surface area contributed by atoms with Crippen molar-refractivity contribution in [1.29, 1.82) is 0 Å². The minimum Gasteiger partial charge on any atom is -0.103 e. The third-order valence-electron chi connectivity index (χ3n) is 3.44. The van der Waals surface area contributed by atoms with Crippen LogP contribution in [0.5, 0.6) is 0 Å². The van der Waals surface area contributed by atoms with E-state index in [1.807, 2.05) is 6.08 Å². The molecule has 0 saturated carbocycles. The molecule has 0 atom stereocenters. The van der Waals surface area contributed by atoms with Gasteiger partial charge in [0.05, 0.1) is 0 Å². The van der Waals surface area contributed by atoms with Gasteiger partial charge in [-0.3, -0.25) is 0 Å².